The zero-order chi connectivity index (χ0) is 10.1. The molecule has 0 N–H and O–H groups in total. The Bertz CT molecular complexity index is 376. The minimum atomic E-state index is -0.391. The van der Waals surface area contributed by atoms with Crippen LogP contribution in [0.3, 0.4) is 0 Å². The van der Waals surface area contributed by atoms with Gasteiger partial charge in [0.2, 0.25) is 5.13 Å². The van der Waals surface area contributed by atoms with E-state index in [1.165, 1.54) is 17.5 Å². The molecule has 1 aliphatic rings. The fourth-order valence-electron chi connectivity index (χ4n) is 1.18. The maximum atomic E-state index is 10.5. The normalized spacial score (nSPS) is 15.9. The first-order chi connectivity index (χ1) is 6.68. The number of rotatable bonds is 2. The van der Waals surface area contributed by atoms with Crippen LogP contribution >= 0.6 is 11.3 Å². The van der Waals surface area contributed by atoms with Crippen molar-refractivity contribution in [3.8, 4) is 0 Å². The largest absolute Gasteiger partial charge is 0.287 e. The Morgan fingerprint density at radius 2 is 2.50 bits per heavy atom. The summed E-state index contributed by atoms with van der Waals surface area (Å²) in [5.74, 6) is 0. The summed E-state index contributed by atoms with van der Waals surface area (Å²) in [5.41, 5.74) is 1.75. The van der Waals surface area contributed by atoms with Gasteiger partial charge in [-0.25, -0.2) is 5.01 Å². The summed E-state index contributed by atoms with van der Waals surface area (Å²) in [4.78, 5) is 10.1. The number of hydrazine groups is 1. The number of hydrogen-bond acceptors (Lipinski definition) is 7. The van der Waals surface area contributed by atoms with E-state index in [4.69, 9.17) is 0 Å². The SMILES string of the molecule is CN1C=C([N+](=O)[O-])CN1c1nncs1. The second kappa shape index (κ2) is 3.22. The Kier molecular flexibility index (Phi) is 2.04. The first-order valence-electron chi connectivity index (χ1n) is 3.80. The molecule has 0 amide bonds. The van der Waals surface area contributed by atoms with Crippen molar-refractivity contribution >= 4 is 16.5 Å². The van der Waals surface area contributed by atoms with Crippen molar-refractivity contribution < 1.29 is 4.92 Å². The third-order valence-electron chi connectivity index (χ3n) is 1.83. The molecule has 14 heavy (non-hydrogen) atoms. The molecule has 2 heterocycles. The highest BCUT2D eigenvalue weighted by Gasteiger charge is 2.28. The minimum Gasteiger partial charge on any atom is -0.287 e. The van der Waals surface area contributed by atoms with Gasteiger partial charge in [0.25, 0.3) is 5.70 Å². The Morgan fingerprint density at radius 3 is 3.00 bits per heavy atom. The van der Waals surface area contributed by atoms with Crippen LogP contribution in [0.25, 0.3) is 0 Å². The van der Waals surface area contributed by atoms with Crippen LogP contribution in [0.15, 0.2) is 17.4 Å². The molecule has 1 aromatic heterocycles. The number of nitro groups is 1. The lowest BCUT2D eigenvalue weighted by Gasteiger charge is -2.21. The van der Waals surface area contributed by atoms with E-state index in [2.05, 4.69) is 10.2 Å². The zero-order valence-electron chi connectivity index (χ0n) is 7.32. The maximum Gasteiger partial charge on any atom is 0.285 e. The topological polar surface area (TPSA) is 75.4 Å². The Morgan fingerprint density at radius 1 is 1.71 bits per heavy atom. The van der Waals surface area contributed by atoms with Crippen molar-refractivity contribution in [2.75, 3.05) is 18.6 Å². The second-order valence-corrected chi connectivity index (χ2v) is 3.54. The molecule has 1 aromatic rings. The highest BCUT2D eigenvalue weighted by molar-refractivity contribution is 7.13. The lowest BCUT2D eigenvalue weighted by Crippen LogP contribution is -2.32. The quantitative estimate of drug-likeness (QED) is 0.520. The fraction of sp³-hybridized carbons (Fsp3) is 0.333. The third kappa shape index (κ3) is 1.39. The standard InChI is InChI=1S/C6H7N5O2S/c1-9-2-5(11(12)13)3-10(9)6-8-7-4-14-6/h2,4H,3H2,1H3. The summed E-state index contributed by atoms with van der Waals surface area (Å²) < 4.78 is 0. The number of hydrogen-bond donors (Lipinski definition) is 0. The van der Waals surface area contributed by atoms with Gasteiger partial charge in [-0.05, 0) is 0 Å². The van der Waals surface area contributed by atoms with Gasteiger partial charge >= 0.3 is 0 Å². The number of nitrogens with zero attached hydrogens (tertiary/aromatic N) is 5. The number of anilines is 1. The van der Waals surface area contributed by atoms with E-state index in [0.717, 1.165) is 0 Å². The van der Waals surface area contributed by atoms with Crippen LogP contribution in [0.2, 0.25) is 0 Å². The van der Waals surface area contributed by atoms with E-state index in [1.54, 1.807) is 22.6 Å². The van der Waals surface area contributed by atoms with Gasteiger partial charge < -0.3 is 0 Å². The van der Waals surface area contributed by atoms with Gasteiger partial charge in [-0.2, -0.15) is 0 Å². The molecule has 0 aromatic carbocycles. The first kappa shape index (κ1) is 8.88. The van der Waals surface area contributed by atoms with Crippen LogP contribution < -0.4 is 5.01 Å². The average Bonchev–Trinajstić information content (AvgIpc) is 2.71. The van der Waals surface area contributed by atoms with Crippen LogP contribution in [-0.4, -0.2) is 33.7 Å². The Hall–Kier alpha value is -1.70. The summed E-state index contributed by atoms with van der Waals surface area (Å²) in [6.07, 6.45) is 1.47. The Balaban J connectivity index is 2.18. The fourth-order valence-corrected chi connectivity index (χ4v) is 1.78. The van der Waals surface area contributed by atoms with Crippen molar-refractivity contribution in [2.45, 2.75) is 0 Å². The van der Waals surface area contributed by atoms with Crippen molar-refractivity contribution in [3.63, 3.8) is 0 Å². The molecule has 7 nitrogen and oxygen atoms in total. The van der Waals surface area contributed by atoms with Crippen LogP contribution in [0.4, 0.5) is 5.13 Å². The summed E-state index contributed by atoms with van der Waals surface area (Å²) >= 11 is 1.34. The van der Waals surface area contributed by atoms with Gasteiger partial charge in [0.1, 0.15) is 12.1 Å². The molecule has 0 saturated carbocycles. The van der Waals surface area contributed by atoms with Crippen LogP contribution in [0, 0.1) is 10.1 Å². The van der Waals surface area contributed by atoms with Gasteiger partial charge in [-0.15, -0.1) is 10.2 Å². The molecule has 0 saturated heterocycles. The smallest absolute Gasteiger partial charge is 0.285 e. The zero-order valence-corrected chi connectivity index (χ0v) is 8.14. The van der Waals surface area contributed by atoms with E-state index in [1.807, 2.05) is 0 Å². The predicted molar refractivity (Wildman–Crippen MR) is 50.1 cm³/mol. The summed E-state index contributed by atoms with van der Waals surface area (Å²) in [7, 11) is 1.73. The molecule has 0 bridgehead atoms. The summed E-state index contributed by atoms with van der Waals surface area (Å²) in [5, 5.41) is 22.0. The van der Waals surface area contributed by atoms with Gasteiger partial charge in [-0.1, -0.05) is 11.3 Å². The molecule has 8 heteroatoms. The van der Waals surface area contributed by atoms with Gasteiger partial charge in [0.15, 0.2) is 0 Å². The monoisotopic (exact) mass is 213 g/mol. The molecule has 0 aliphatic carbocycles. The molecule has 0 fully saturated rings. The molecule has 0 unspecified atom stereocenters. The van der Waals surface area contributed by atoms with Crippen molar-refractivity contribution in [3.05, 3.63) is 27.5 Å². The minimum absolute atomic E-state index is 0.155. The lowest BCUT2D eigenvalue weighted by molar-refractivity contribution is -0.424. The average molecular weight is 213 g/mol. The van der Waals surface area contributed by atoms with E-state index in [0.29, 0.717) is 5.13 Å². The van der Waals surface area contributed by atoms with Gasteiger partial charge in [0, 0.05) is 7.05 Å². The van der Waals surface area contributed by atoms with Crippen molar-refractivity contribution in [2.24, 2.45) is 0 Å². The van der Waals surface area contributed by atoms with Gasteiger partial charge in [-0.3, -0.25) is 15.1 Å². The molecule has 0 radical (unpaired) electrons. The van der Waals surface area contributed by atoms with Crippen molar-refractivity contribution in [1.29, 1.82) is 0 Å². The van der Waals surface area contributed by atoms with Crippen molar-refractivity contribution in [1.82, 2.24) is 15.2 Å². The maximum absolute atomic E-state index is 10.5. The van der Waals surface area contributed by atoms with E-state index < -0.39 is 4.92 Å². The van der Waals surface area contributed by atoms with Crippen LogP contribution in [0.1, 0.15) is 0 Å². The van der Waals surface area contributed by atoms with Gasteiger partial charge in [0.05, 0.1) is 11.1 Å². The molecule has 0 spiro atoms. The molecular formula is C6H7N5O2S. The molecule has 74 valence electrons. The summed E-state index contributed by atoms with van der Waals surface area (Å²) in [6, 6.07) is 0. The third-order valence-corrected chi connectivity index (χ3v) is 2.54. The Labute approximate surface area is 83.4 Å². The lowest BCUT2D eigenvalue weighted by atomic mass is 10.5. The highest BCUT2D eigenvalue weighted by atomic mass is 32.1. The number of aromatic nitrogens is 2. The molecule has 0 atom stereocenters. The predicted octanol–water partition coefficient (Wildman–Crippen LogP) is 0.323. The first-order valence-corrected chi connectivity index (χ1v) is 4.68. The second-order valence-electron chi connectivity index (χ2n) is 2.73. The molecule has 1 aliphatic heterocycles. The van der Waals surface area contributed by atoms with E-state index >= 15 is 0 Å². The van der Waals surface area contributed by atoms with E-state index in [9.17, 15) is 10.1 Å². The molecule has 2 rings (SSSR count). The highest BCUT2D eigenvalue weighted by Crippen LogP contribution is 2.23. The summed E-state index contributed by atoms with van der Waals surface area (Å²) in [6.45, 7) is 0.235. The van der Waals surface area contributed by atoms with E-state index in [-0.39, 0.29) is 12.2 Å². The van der Waals surface area contributed by atoms with Crippen LogP contribution in [0.5, 0.6) is 0 Å². The van der Waals surface area contributed by atoms with Crippen LogP contribution in [-0.2, 0) is 0 Å². The molecular weight excluding hydrogens is 206 g/mol.